The van der Waals surface area contributed by atoms with E-state index in [1.807, 2.05) is 4.57 Å². The number of rotatable bonds is 5. The van der Waals surface area contributed by atoms with Crippen LogP contribution in [0.5, 0.6) is 0 Å². The molecule has 9 heteroatoms. The first-order valence-electron chi connectivity index (χ1n) is 6.77. The van der Waals surface area contributed by atoms with Crippen molar-refractivity contribution in [3.8, 4) is 0 Å². The van der Waals surface area contributed by atoms with Gasteiger partial charge in [0.2, 0.25) is 0 Å². The van der Waals surface area contributed by atoms with Gasteiger partial charge >= 0.3 is 12.1 Å². The number of carboxylic acid groups (broad SMARTS) is 1. The fraction of sp³-hybridized carbons (Fsp3) is 0.667. The molecule has 8 nitrogen and oxygen atoms in total. The summed E-state index contributed by atoms with van der Waals surface area (Å²) in [6, 6.07) is 0.182. The van der Waals surface area contributed by atoms with E-state index >= 15 is 0 Å². The van der Waals surface area contributed by atoms with Crippen molar-refractivity contribution >= 4 is 23.8 Å². The predicted octanol–water partition coefficient (Wildman–Crippen LogP) is 1.25. The summed E-state index contributed by atoms with van der Waals surface area (Å²) >= 11 is 1.16. The Morgan fingerprint density at radius 3 is 2.81 bits per heavy atom. The van der Waals surface area contributed by atoms with E-state index in [0.717, 1.165) is 24.6 Å². The van der Waals surface area contributed by atoms with Crippen molar-refractivity contribution < 1.29 is 19.4 Å². The third-order valence-electron chi connectivity index (χ3n) is 3.25. The van der Waals surface area contributed by atoms with Gasteiger partial charge < -0.3 is 19.3 Å². The number of piperidine rings is 1. The fourth-order valence-corrected chi connectivity index (χ4v) is 2.96. The van der Waals surface area contributed by atoms with Crippen molar-refractivity contribution in [1.82, 2.24) is 19.7 Å². The summed E-state index contributed by atoms with van der Waals surface area (Å²) in [5.41, 5.74) is 0. The second-order valence-corrected chi connectivity index (χ2v) is 5.56. The van der Waals surface area contributed by atoms with Crippen molar-refractivity contribution in [2.24, 2.45) is 0 Å². The molecule has 1 saturated heterocycles. The molecular formula is C12H18N4O4S. The lowest BCUT2D eigenvalue weighted by atomic mass is 10.1. The van der Waals surface area contributed by atoms with Crippen LogP contribution in [0.1, 0.15) is 25.8 Å². The SMILES string of the molecule is CCOC(=O)N1CCC(n2cnnc2SCC(=O)O)CC1. The molecule has 0 atom stereocenters. The van der Waals surface area contributed by atoms with Crippen LogP contribution in [0.15, 0.2) is 11.5 Å². The number of likely N-dealkylation sites (tertiary alicyclic amines) is 1. The van der Waals surface area contributed by atoms with Crippen molar-refractivity contribution in [3.63, 3.8) is 0 Å². The average Bonchev–Trinajstić information content (AvgIpc) is 2.94. The molecular weight excluding hydrogens is 296 g/mol. The van der Waals surface area contributed by atoms with Gasteiger partial charge in [-0.25, -0.2) is 4.79 Å². The largest absolute Gasteiger partial charge is 0.481 e. The maximum atomic E-state index is 11.6. The zero-order valence-electron chi connectivity index (χ0n) is 11.8. The third kappa shape index (κ3) is 4.10. The van der Waals surface area contributed by atoms with Gasteiger partial charge in [-0.05, 0) is 19.8 Å². The monoisotopic (exact) mass is 314 g/mol. The maximum absolute atomic E-state index is 11.6. The molecule has 21 heavy (non-hydrogen) atoms. The van der Waals surface area contributed by atoms with Crippen LogP contribution in [0.3, 0.4) is 0 Å². The zero-order valence-corrected chi connectivity index (χ0v) is 12.6. The average molecular weight is 314 g/mol. The molecule has 1 fully saturated rings. The Bertz CT molecular complexity index is 499. The van der Waals surface area contributed by atoms with Crippen molar-refractivity contribution in [3.05, 3.63) is 6.33 Å². The Labute approximate surface area is 126 Å². The summed E-state index contributed by atoms with van der Waals surface area (Å²) in [5.74, 6) is -0.924. The van der Waals surface area contributed by atoms with E-state index in [9.17, 15) is 9.59 Å². The minimum Gasteiger partial charge on any atom is -0.481 e. The standard InChI is InChI=1S/C12H18N4O4S/c1-2-20-12(19)15-5-3-9(4-6-15)16-8-13-14-11(16)21-7-10(17)18/h8-9H,2-7H2,1H3,(H,17,18). The fourth-order valence-electron chi connectivity index (χ4n) is 2.25. The molecule has 1 aliphatic rings. The number of aliphatic carboxylic acids is 1. The molecule has 1 N–H and O–H groups in total. The number of carboxylic acids is 1. The second kappa shape index (κ2) is 7.30. The molecule has 0 spiro atoms. The molecule has 2 heterocycles. The predicted molar refractivity (Wildman–Crippen MR) is 75.2 cm³/mol. The molecule has 0 bridgehead atoms. The molecule has 0 saturated carbocycles. The van der Waals surface area contributed by atoms with Crippen molar-refractivity contribution in [2.75, 3.05) is 25.4 Å². The topological polar surface area (TPSA) is 97.5 Å². The number of hydrogen-bond acceptors (Lipinski definition) is 6. The first kappa shape index (κ1) is 15.6. The molecule has 1 amide bonds. The van der Waals surface area contributed by atoms with Crippen LogP contribution < -0.4 is 0 Å². The van der Waals surface area contributed by atoms with Crippen LogP contribution in [0, 0.1) is 0 Å². The quantitative estimate of drug-likeness (QED) is 0.817. The molecule has 2 rings (SSSR count). The number of carbonyl (C=O) groups is 2. The van der Waals surface area contributed by atoms with E-state index in [1.54, 1.807) is 18.2 Å². The Morgan fingerprint density at radius 1 is 1.48 bits per heavy atom. The first-order valence-corrected chi connectivity index (χ1v) is 7.76. The van der Waals surface area contributed by atoms with Crippen LogP contribution in [-0.2, 0) is 9.53 Å². The highest BCUT2D eigenvalue weighted by atomic mass is 32.2. The Morgan fingerprint density at radius 2 is 2.19 bits per heavy atom. The van der Waals surface area contributed by atoms with Crippen LogP contribution >= 0.6 is 11.8 Å². The van der Waals surface area contributed by atoms with Gasteiger partial charge in [0.25, 0.3) is 0 Å². The van der Waals surface area contributed by atoms with Gasteiger partial charge in [-0.3, -0.25) is 4.79 Å². The van der Waals surface area contributed by atoms with Gasteiger partial charge in [0, 0.05) is 19.1 Å². The molecule has 1 aliphatic heterocycles. The number of nitrogens with zero attached hydrogens (tertiary/aromatic N) is 4. The molecule has 116 valence electrons. The van der Waals surface area contributed by atoms with Crippen molar-refractivity contribution in [2.45, 2.75) is 31.0 Å². The number of hydrogen-bond donors (Lipinski definition) is 1. The summed E-state index contributed by atoms with van der Waals surface area (Å²) in [6.07, 6.45) is 2.89. The van der Waals surface area contributed by atoms with Crippen molar-refractivity contribution in [1.29, 1.82) is 0 Å². The van der Waals surface area contributed by atoms with Crippen LogP contribution in [-0.4, -0.2) is 62.3 Å². The van der Waals surface area contributed by atoms with Crippen LogP contribution in [0.2, 0.25) is 0 Å². The molecule has 0 unspecified atom stereocenters. The molecule has 1 aromatic rings. The Hall–Kier alpha value is -1.77. The van der Waals surface area contributed by atoms with Gasteiger partial charge in [-0.2, -0.15) is 0 Å². The molecule has 0 aromatic carbocycles. The maximum Gasteiger partial charge on any atom is 0.409 e. The number of ether oxygens (including phenoxy) is 1. The smallest absolute Gasteiger partial charge is 0.409 e. The minimum atomic E-state index is -0.883. The van der Waals surface area contributed by atoms with Gasteiger partial charge in [0.05, 0.1) is 12.4 Å². The van der Waals surface area contributed by atoms with Gasteiger partial charge in [-0.15, -0.1) is 10.2 Å². The summed E-state index contributed by atoms with van der Waals surface area (Å²) in [6.45, 7) is 3.39. The second-order valence-electron chi connectivity index (χ2n) is 4.62. The lowest BCUT2D eigenvalue weighted by Crippen LogP contribution is -2.39. The highest BCUT2D eigenvalue weighted by molar-refractivity contribution is 7.99. The number of aromatic nitrogens is 3. The first-order chi connectivity index (χ1) is 10.1. The molecule has 0 aliphatic carbocycles. The highest BCUT2D eigenvalue weighted by Gasteiger charge is 2.26. The Balaban J connectivity index is 1.92. The van der Waals surface area contributed by atoms with E-state index in [-0.39, 0.29) is 17.9 Å². The van der Waals surface area contributed by atoms with E-state index < -0.39 is 5.97 Å². The van der Waals surface area contributed by atoms with Gasteiger partial charge in [-0.1, -0.05) is 11.8 Å². The lowest BCUT2D eigenvalue weighted by Gasteiger charge is -2.32. The minimum absolute atomic E-state index is 0.0413. The van der Waals surface area contributed by atoms with Crippen LogP contribution in [0.4, 0.5) is 4.79 Å². The summed E-state index contributed by atoms with van der Waals surface area (Å²) < 4.78 is 6.88. The summed E-state index contributed by atoms with van der Waals surface area (Å²) in [5, 5.41) is 17.1. The van der Waals surface area contributed by atoms with E-state index in [1.165, 1.54) is 0 Å². The molecule has 0 radical (unpaired) electrons. The third-order valence-corrected chi connectivity index (χ3v) is 4.19. The summed E-state index contributed by atoms with van der Waals surface area (Å²) in [4.78, 5) is 24.0. The number of thioether (sulfide) groups is 1. The number of carbonyl (C=O) groups excluding carboxylic acids is 1. The van der Waals surface area contributed by atoms with E-state index in [2.05, 4.69) is 10.2 Å². The summed E-state index contributed by atoms with van der Waals surface area (Å²) in [7, 11) is 0. The molecule has 1 aromatic heterocycles. The van der Waals surface area contributed by atoms with E-state index in [0.29, 0.717) is 24.9 Å². The number of amides is 1. The highest BCUT2D eigenvalue weighted by Crippen LogP contribution is 2.27. The lowest BCUT2D eigenvalue weighted by molar-refractivity contribution is -0.133. The zero-order chi connectivity index (χ0) is 15.2. The van der Waals surface area contributed by atoms with Gasteiger partial charge in [0.1, 0.15) is 6.33 Å². The Kier molecular flexibility index (Phi) is 5.43. The van der Waals surface area contributed by atoms with Crippen LogP contribution in [0.25, 0.3) is 0 Å². The van der Waals surface area contributed by atoms with Gasteiger partial charge in [0.15, 0.2) is 5.16 Å². The van der Waals surface area contributed by atoms with E-state index in [4.69, 9.17) is 9.84 Å². The normalized spacial score (nSPS) is 16.0.